The third-order valence-electron chi connectivity index (χ3n) is 2.40. The van der Waals surface area contributed by atoms with Crippen LogP contribution in [-0.2, 0) is 6.18 Å². The van der Waals surface area contributed by atoms with Gasteiger partial charge in [-0.25, -0.2) is 0 Å². The Balaban J connectivity index is 2.73. The quantitative estimate of drug-likeness (QED) is 0.834. The minimum atomic E-state index is -4.59. The zero-order valence-electron chi connectivity index (χ0n) is 9.18. The van der Waals surface area contributed by atoms with Crippen molar-refractivity contribution < 1.29 is 13.2 Å². The lowest BCUT2D eigenvalue weighted by Crippen LogP contribution is -2.13. The summed E-state index contributed by atoms with van der Waals surface area (Å²) in [6, 6.07) is 4.90. The number of nitrogens with one attached hydrogen (secondary N) is 1. The Morgan fingerprint density at radius 1 is 1.00 bits per heavy atom. The fraction of sp³-hybridized carbons (Fsp3) is 0.0833. The van der Waals surface area contributed by atoms with Crippen molar-refractivity contribution in [3.8, 4) is 11.1 Å². The van der Waals surface area contributed by atoms with Gasteiger partial charge in [-0.2, -0.15) is 13.2 Å². The number of rotatable bonds is 1. The zero-order valence-corrected chi connectivity index (χ0v) is 10.7. The molecule has 1 heterocycles. The molecule has 2 rings (SSSR count). The second-order valence-corrected chi connectivity index (χ2v) is 4.65. The first kappa shape index (κ1) is 14.0. The molecular weight excluding hydrogens is 302 g/mol. The third-order valence-corrected chi connectivity index (χ3v) is 2.84. The number of H-pyrrole nitrogens is 1. The maximum atomic E-state index is 12.9. The molecule has 2 nitrogen and oxygen atoms in total. The maximum absolute atomic E-state index is 12.9. The van der Waals surface area contributed by atoms with Gasteiger partial charge in [0.05, 0.1) is 5.56 Å². The van der Waals surface area contributed by atoms with Gasteiger partial charge < -0.3 is 4.98 Å². The van der Waals surface area contributed by atoms with E-state index in [0.717, 1.165) is 6.07 Å². The molecule has 0 aliphatic heterocycles. The van der Waals surface area contributed by atoms with Gasteiger partial charge >= 0.3 is 6.18 Å². The lowest BCUT2D eigenvalue weighted by Gasteiger charge is -2.12. The maximum Gasteiger partial charge on any atom is 0.418 e. The number of pyridine rings is 1. The minimum absolute atomic E-state index is 0.135. The first-order chi connectivity index (χ1) is 8.77. The number of alkyl halides is 3. The van der Waals surface area contributed by atoms with Crippen molar-refractivity contribution in [1.29, 1.82) is 0 Å². The first-order valence-electron chi connectivity index (χ1n) is 5.04. The molecule has 7 heteroatoms. The summed E-state index contributed by atoms with van der Waals surface area (Å²) in [5, 5.41) is 0.381. The Hall–Kier alpha value is -1.46. The molecule has 0 saturated carbocycles. The second kappa shape index (κ2) is 4.90. The lowest BCUT2D eigenvalue weighted by atomic mass is 10.0. The second-order valence-electron chi connectivity index (χ2n) is 3.78. The average molecular weight is 308 g/mol. The van der Waals surface area contributed by atoms with E-state index >= 15 is 0 Å². The summed E-state index contributed by atoms with van der Waals surface area (Å²) in [5.74, 6) is 0. The van der Waals surface area contributed by atoms with E-state index in [0.29, 0.717) is 6.20 Å². The molecule has 1 aromatic carbocycles. The molecule has 0 radical (unpaired) electrons. The Kier molecular flexibility index (Phi) is 3.60. The third kappa shape index (κ3) is 3.11. The van der Waals surface area contributed by atoms with Crippen LogP contribution < -0.4 is 5.56 Å². The fourth-order valence-electron chi connectivity index (χ4n) is 1.65. The van der Waals surface area contributed by atoms with Crippen molar-refractivity contribution in [2.24, 2.45) is 0 Å². The summed E-state index contributed by atoms with van der Waals surface area (Å²) in [7, 11) is 0. The number of benzene rings is 1. The molecule has 100 valence electrons. The van der Waals surface area contributed by atoms with Crippen LogP contribution in [0.1, 0.15) is 5.56 Å². The van der Waals surface area contributed by atoms with Crippen molar-refractivity contribution in [2.75, 3.05) is 0 Å². The van der Waals surface area contributed by atoms with Crippen molar-refractivity contribution >= 4 is 23.2 Å². The minimum Gasteiger partial charge on any atom is -0.328 e. The molecule has 19 heavy (non-hydrogen) atoms. The van der Waals surface area contributed by atoms with Crippen LogP contribution >= 0.6 is 23.2 Å². The van der Waals surface area contributed by atoms with Crippen LogP contribution in [0.5, 0.6) is 0 Å². The van der Waals surface area contributed by atoms with Gasteiger partial charge in [0.25, 0.3) is 0 Å². The summed E-state index contributed by atoms with van der Waals surface area (Å²) >= 11 is 11.5. The van der Waals surface area contributed by atoms with Crippen molar-refractivity contribution in [1.82, 2.24) is 4.98 Å². The van der Waals surface area contributed by atoms with E-state index in [-0.39, 0.29) is 21.2 Å². The molecule has 0 aliphatic carbocycles. The zero-order chi connectivity index (χ0) is 14.2. The number of hydrogen-bond acceptors (Lipinski definition) is 1. The van der Waals surface area contributed by atoms with E-state index in [1.165, 1.54) is 18.2 Å². The smallest absolute Gasteiger partial charge is 0.328 e. The molecular formula is C12H6Cl2F3NO. The standard InChI is InChI=1S/C12H6Cl2F3NO/c13-7-1-6(2-8(14)3-7)9-4-11(19)18-5-10(9)12(15,16)17/h1-5H,(H,18,19). The topological polar surface area (TPSA) is 32.9 Å². The Bertz CT molecular complexity index is 659. The molecule has 0 unspecified atom stereocenters. The Morgan fingerprint density at radius 3 is 2.11 bits per heavy atom. The molecule has 1 N–H and O–H groups in total. The predicted molar refractivity (Wildman–Crippen MR) is 67.5 cm³/mol. The predicted octanol–water partition coefficient (Wildman–Crippen LogP) is 4.37. The van der Waals surface area contributed by atoms with Crippen LogP contribution in [0.15, 0.2) is 35.3 Å². The van der Waals surface area contributed by atoms with E-state index in [9.17, 15) is 18.0 Å². The molecule has 0 aliphatic rings. The summed E-state index contributed by atoms with van der Waals surface area (Å²) < 4.78 is 38.6. The first-order valence-corrected chi connectivity index (χ1v) is 5.79. The van der Waals surface area contributed by atoms with Crippen LogP contribution in [0.25, 0.3) is 11.1 Å². The summed E-state index contributed by atoms with van der Waals surface area (Å²) in [4.78, 5) is 13.2. The van der Waals surface area contributed by atoms with Crippen LogP contribution in [0, 0.1) is 0 Å². The van der Waals surface area contributed by atoms with E-state index in [1.807, 2.05) is 4.98 Å². The molecule has 0 bridgehead atoms. The van der Waals surface area contributed by atoms with E-state index in [2.05, 4.69) is 0 Å². The molecule has 0 amide bonds. The SMILES string of the molecule is O=c1cc(-c2cc(Cl)cc(Cl)c2)c(C(F)(F)F)c[nH]1. The van der Waals surface area contributed by atoms with Crippen LogP contribution in [0.2, 0.25) is 10.0 Å². The highest BCUT2D eigenvalue weighted by atomic mass is 35.5. The largest absolute Gasteiger partial charge is 0.418 e. The number of aromatic amines is 1. The van der Waals surface area contributed by atoms with Gasteiger partial charge in [0.1, 0.15) is 0 Å². The van der Waals surface area contributed by atoms with Crippen LogP contribution in [0.4, 0.5) is 13.2 Å². The lowest BCUT2D eigenvalue weighted by molar-refractivity contribution is -0.137. The summed E-state index contributed by atoms with van der Waals surface area (Å²) in [5.41, 5.74) is -1.72. The molecule has 0 spiro atoms. The Morgan fingerprint density at radius 2 is 1.58 bits per heavy atom. The van der Waals surface area contributed by atoms with Crippen LogP contribution in [0.3, 0.4) is 0 Å². The molecule has 0 fully saturated rings. The highest BCUT2D eigenvalue weighted by Gasteiger charge is 2.34. The number of halogens is 5. The van der Waals surface area contributed by atoms with Gasteiger partial charge in [0.15, 0.2) is 0 Å². The monoisotopic (exact) mass is 307 g/mol. The van der Waals surface area contributed by atoms with Crippen LogP contribution in [-0.4, -0.2) is 4.98 Å². The average Bonchev–Trinajstić information content (AvgIpc) is 2.25. The molecule has 0 atom stereocenters. The molecule has 2 aromatic rings. The summed E-state index contributed by atoms with van der Waals surface area (Å²) in [6.45, 7) is 0. The highest BCUT2D eigenvalue weighted by Crippen LogP contribution is 2.37. The van der Waals surface area contributed by atoms with Gasteiger partial charge in [0.2, 0.25) is 5.56 Å². The van der Waals surface area contributed by atoms with E-state index in [4.69, 9.17) is 23.2 Å². The fourth-order valence-corrected chi connectivity index (χ4v) is 2.18. The number of aromatic nitrogens is 1. The number of hydrogen-bond donors (Lipinski definition) is 1. The van der Waals surface area contributed by atoms with Gasteiger partial charge in [-0.15, -0.1) is 0 Å². The molecule has 1 aromatic heterocycles. The van der Waals surface area contributed by atoms with E-state index < -0.39 is 17.3 Å². The van der Waals surface area contributed by atoms with Crippen molar-refractivity contribution in [2.45, 2.75) is 6.18 Å². The molecule has 0 saturated heterocycles. The van der Waals surface area contributed by atoms with Crippen molar-refractivity contribution in [3.63, 3.8) is 0 Å². The highest BCUT2D eigenvalue weighted by molar-refractivity contribution is 6.35. The normalized spacial score (nSPS) is 11.6. The van der Waals surface area contributed by atoms with Gasteiger partial charge in [-0.1, -0.05) is 23.2 Å². The summed E-state index contributed by atoms with van der Waals surface area (Å²) in [6.07, 6.45) is -3.96. The Labute approximate surface area is 115 Å². The van der Waals surface area contributed by atoms with Gasteiger partial charge in [0, 0.05) is 27.9 Å². The van der Waals surface area contributed by atoms with Gasteiger partial charge in [-0.3, -0.25) is 4.79 Å². The van der Waals surface area contributed by atoms with Gasteiger partial charge in [-0.05, 0) is 23.8 Å². The van der Waals surface area contributed by atoms with Crippen molar-refractivity contribution in [3.05, 3.63) is 56.4 Å². The van der Waals surface area contributed by atoms with E-state index in [1.54, 1.807) is 0 Å².